The van der Waals surface area contributed by atoms with Gasteiger partial charge in [-0.1, -0.05) is 11.6 Å². The standard InChI is InChI=1S/C16H20ClF3N2O2/c17-13-7-11(8-14-15(13)24-6-5-23-14)9-21-12-1-3-22(4-2-12)10-16(18,19)20/h7-8,12,21H,1-6,9-10H2. The van der Waals surface area contributed by atoms with Gasteiger partial charge in [0.2, 0.25) is 0 Å². The van der Waals surface area contributed by atoms with Crippen LogP contribution in [0.5, 0.6) is 11.5 Å². The van der Waals surface area contributed by atoms with Crippen molar-refractivity contribution in [1.82, 2.24) is 10.2 Å². The Hall–Kier alpha value is -1.18. The van der Waals surface area contributed by atoms with E-state index < -0.39 is 12.7 Å². The summed E-state index contributed by atoms with van der Waals surface area (Å²) in [5.74, 6) is 1.22. The molecule has 4 nitrogen and oxygen atoms in total. The van der Waals surface area contributed by atoms with Gasteiger partial charge in [-0.2, -0.15) is 13.2 Å². The highest BCUT2D eigenvalue weighted by molar-refractivity contribution is 6.32. The van der Waals surface area contributed by atoms with E-state index in [1.54, 1.807) is 0 Å². The molecule has 1 fully saturated rings. The van der Waals surface area contributed by atoms with Crippen molar-refractivity contribution in [1.29, 1.82) is 0 Å². The first kappa shape index (κ1) is 17.6. The molecule has 2 aliphatic rings. The number of rotatable bonds is 4. The zero-order valence-electron chi connectivity index (χ0n) is 13.2. The molecule has 0 spiro atoms. The third-order valence-corrected chi connectivity index (χ3v) is 4.52. The summed E-state index contributed by atoms with van der Waals surface area (Å²) >= 11 is 6.20. The third-order valence-electron chi connectivity index (χ3n) is 4.24. The van der Waals surface area contributed by atoms with E-state index in [9.17, 15) is 13.2 Å². The number of nitrogens with one attached hydrogen (secondary N) is 1. The average Bonchev–Trinajstić information content (AvgIpc) is 2.53. The summed E-state index contributed by atoms with van der Waals surface area (Å²) in [6.45, 7) is 1.68. The molecule has 134 valence electrons. The maximum Gasteiger partial charge on any atom is 0.401 e. The molecule has 0 amide bonds. The van der Waals surface area contributed by atoms with Crippen molar-refractivity contribution < 1.29 is 22.6 Å². The minimum Gasteiger partial charge on any atom is -0.486 e. The molecule has 0 saturated carbocycles. The lowest BCUT2D eigenvalue weighted by atomic mass is 10.0. The normalized spacial score (nSPS) is 19.5. The summed E-state index contributed by atoms with van der Waals surface area (Å²) < 4.78 is 48.2. The SMILES string of the molecule is FC(F)(F)CN1CCC(NCc2cc(Cl)c3c(c2)OCCO3)CC1. The molecule has 24 heavy (non-hydrogen) atoms. The molecule has 1 saturated heterocycles. The van der Waals surface area contributed by atoms with Gasteiger partial charge in [0.25, 0.3) is 0 Å². The highest BCUT2D eigenvalue weighted by atomic mass is 35.5. The molecule has 0 bridgehead atoms. The van der Waals surface area contributed by atoms with Crippen molar-refractivity contribution in [2.45, 2.75) is 31.6 Å². The summed E-state index contributed by atoms with van der Waals surface area (Å²) in [5.41, 5.74) is 0.974. The molecule has 0 aromatic heterocycles. The maximum atomic E-state index is 12.4. The molecule has 2 heterocycles. The van der Waals surface area contributed by atoms with Gasteiger partial charge in [0.1, 0.15) is 13.2 Å². The number of benzene rings is 1. The van der Waals surface area contributed by atoms with Crippen LogP contribution in [0.1, 0.15) is 18.4 Å². The quantitative estimate of drug-likeness (QED) is 0.889. The highest BCUT2D eigenvalue weighted by Gasteiger charge is 2.32. The van der Waals surface area contributed by atoms with Crippen LogP contribution in [0.2, 0.25) is 5.02 Å². The number of piperidine rings is 1. The van der Waals surface area contributed by atoms with Crippen molar-refractivity contribution in [2.75, 3.05) is 32.8 Å². The fourth-order valence-electron chi connectivity index (χ4n) is 3.08. The van der Waals surface area contributed by atoms with E-state index >= 15 is 0 Å². The van der Waals surface area contributed by atoms with Gasteiger partial charge in [-0.05, 0) is 43.6 Å². The smallest absolute Gasteiger partial charge is 0.401 e. The number of hydrogen-bond acceptors (Lipinski definition) is 4. The number of likely N-dealkylation sites (tertiary alicyclic amines) is 1. The van der Waals surface area contributed by atoms with Gasteiger partial charge in [0.05, 0.1) is 11.6 Å². The fourth-order valence-corrected chi connectivity index (χ4v) is 3.37. The minimum absolute atomic E-state index is 0.210. The van der Waals surface area contributed by atoms with Crippen LogP contribution in [-0.4, -0.2) is 50.0 Å². The van der Waals surface area contributed by atoms with Crippen molar-refractivity contribution in [2.24, 2.45) is 0 Å². The molecular formula is C16H20ClF3N2O2. The molecule has 2 aliphatic heterocycles. The third kappa shape index (κ3) is 4.68. The molecule has 3 rings (SSSR count). The van der Waals surface area contributed by atoms with E-state index in [2.05, 4.69) is 5.32 Å². The van der Waals surface area contributed by atoms with Gasteiger partial charge in [0.15, 0.2) is 11.5 Å². The van der Waals surface area contributed by atoms with Gasteiger partial charge in [0, 0.05) is 12.6 Å². The van der Waals surface area contributed by atoms with E-state index in [4.69, 9.17) is 21.1 Å². The maximum absolute atomic E-state index is 12.4. The Kier molecular flexibility index (Phi) is 5.42. The number of ether oxygens (including phenoxy) is 2. The van der Waals surface area contributed by atoms with E-state index in [1.807, 2.05) is 12.1 Å². The largest absolute Gasteiger partial charge is 0.486 e. The predicted molar refractivity (Wildman–Crippen MR) is 84.8 cm³/mol. The van der Waals surface area contributed by atoms with Crippen molar-refractivity contribution in [3.63, 3.8) is 0 Å². The molecule has 8 heteroatoms. The fraction of sp³-hybridized carbons (Fsp3) is 0.625. The van der Waals surface area contributed by atoms with Crippen LogP contribution in [0, 0.1) is 0 Å². The van der Waals surface area contributed by atoms with E-state index in [0.717, 1.165) is 5.56 Å². The van der Waals surface area contributed by atoms with Crippen LogP contribution in [-0.2, 0) is 6.54 Å². The van der Waals surface area contributed by atoms with Crippen LogP contribution >= 0.6 is 11.6 Å². The van der Waals surface area contributed by atoms with Crippen LogP contribution in [0.4, 0.5) is 13.2 Å². The van der Waals surface area contributed by atoms with Gasteiger partial charge < -0.3 is 14.8 Å². The van der Waals surface area contributed by atoms with Gasteiger partial charge >= 0.3 is 6.18 Å². The molecule has 0 radical (unpaired) electrons. The molecular weight excluding hydrogens is 345 g/mol. The Morgan fingerprint density at radius 2 is 1.88 bits per heavy atom. The average molecular weight is 365 g/mol. The zero-order valence-corrected chi connectivity index (χ0v) is 13.9. The second kappa shape index (κ2) is 7.37. The van der Waals surface area contributed by atoms with Crippen LogP contribution in [0.15, 0.2) is 12.1 Å². The second-order valence-corrected chi connectivity index (χ2v) is 6.56. The monoisotopic (exact) mass is 364 g/mol. The number of halogens is 4. The summed E-state index contributed by atoms with van der Waals surface area (Å²) in [7, 11) is 0. The number of nitrogens with zero attached hydrogens (tertiary/aromatic N) is 1. The Bertz CT molecular complexity index is 575. The van der Waals surface area contributed by atoms with Crippen molar-refractivity contribution in [3.8, 4) is 11.5 Å². The number of fused-ring (bicyclic) bond motifs is 1. The molecule has 1 N–H and O–H groups in total. The van der Waals surface area contributed by atoms with E-state index in [1.165, 1.54) is 4.90 Å². The highest BCUT2D eigenvalue weighted by Crippen LogP contribution is 2.38. The first-order valence-corrected chi connectivity index (χ1v) is 8.39. The van der Waals surface area contributed by atoms with Crippen molar-refractivity contribution >= 4 is 11.6 Å². The van der Waals surface area contributed by atoms with Crippen LogP contribution < -0.4 is 14.8 Å². The molecule has 0 aliphatic carbocycles. The van der Waals surface area contributed by atoms with E-state index in [-0.39, 0.29) is 6.04 Å². The summed E-state index contributed by atoms with van der Waals surface area (Å²) in [6, 6.07) is 3.94. The zero-order chi connectivity index (χ0) is 17.2. The first-order valence-electron chi connectivity index (χ1n) is 8.01. The topological polar surface area (TPSA) is 33.7 Å². The Morgan fingerprint density at radius 3 is 2.58 bits per heavy atom. The van der Waals surface area contributed by atoms with Gasteiger partial charge in [-0.25, -0.2) is 0 Å². The summed E-state index contributed by atoms with van der Waals surface area (Å²) in [4.78, 5) is 1.46. The summed E-state index contributed by atoms with van der Waals surface area (Å²) in [5, 5.41) is 3.91. The lowest BCUT2D eigenvalue weighted by molar-refractivity contribution is -0.148. The second-order valence-electron chi connectivity index (χ2n) is 6.15. The number of hydrogen-bond donors (Lipinski definition) is 1. The lowest BCUT2D eigenvalue weighted by Gasteiger charge is -2.32. The molecule has 1 aromatic carbocycles. The Balaban J connectivity index is 1.50. The van der Waals surface area contributed by atoms with Crippen LogP contribution in [0.3, 0.4) is 0 Å². The minimum atomic E-state index is -4.12. The summed E-state index contributed by atoms with van der Waals surface area (Å²) in [6.07, 6.45) is -2.72. The number of alkyl halides is 3. The Morgan fingerprint density at radius 1 is 1.17 bits per heavy atom. The lowest BCUT2D eigenvalue weighted by Crippen LogP contribution is -2.45. The first-order chi connectivity index (χ1) is 11.4. The molecule has 0 unspecified atom stereocenters. The Labute approximate surface area is 143 Å². The van der Waals surface area contributed by atoms with Crippen molar-refractivity contribution in [3.05, 3.63) is 22.7 Å². The van der Waals surface area contributed by atoms with Gasteiger partial charge in [-0.15, -0.1) is 0 Å². The predicted octanol–water partition coefficient (Wildman–Crippen LogP) is 3.23. The van der Waals surface area contributed by atoms with E-state index in [0.29, 0.717) is 62.2 Å². The van der Waals surface area contributed by atoms with Crippen LogP contribution in [0.25, 0.3) is 0 Å². The van der Waals surface area contributed by atoms with Gasteiger partial charge in [-0.3, -0.25) is 4.90 Å². The molecule has 0 atom stereocenters. The molecule has 1 aromatic rings.